The van der Waals surface area contributed by atoms with Gasteiger partial charge in [0.25, 0.3) is 5.91 Å². The van der Waals surface area contributed by atoms with Gasteiger partial charge in [-0.3, -0.25) is 4.79 Å². The molecule has 2 fully saturated rings. The Morgan fingerprint density at radius 2 is 1.52 bits per heavy atom. The number of anilines is 1. The number of amides is 1. The molecule has 1 amide bonds. The fraction of sp³-hybridized carbons (Fsp3) is 0.688. The monoisotopic (exact) mass is 288 g/mol. The predicted octanol–water partition coefficient (Wildman–Crippen LogP) is 2.48. The number of nitrogens with zero attached hydrogens (tertiary/aromatic N) is 4. The van der Waals surface area contributed by atoms with E-state index in [1.807, 2.05) is 4.90 Å². The highest BCUT2D eigenvalue weighted by Gasteiger charge is 2.21. The molecule has 2 saturated heterocycles. The van der Waals surface area contributed by atoms with Gasteiger partial charge in [-0.05, 0) is 38.2 Å². The Hall–Kier alpha value is -1.65. The van der Waals surface area contributed by atoms with Crippen molar-refractivity contribution < 1.29 is 4.79 Å². The van der Waals surface area contributed by atoms with E-state index >= 15 is 0 Å². The maximum absolute atomic E-state index is 12.5. The second-order valence-corrected chi connectivity index (χ2v) is 6.00. The van der Waals surface area contributed by atoms with Crippen LogP contribution in [0.3, 0.4) is 0 Å². The number of carbonyl (C=O) groups excluding carboxylic acids is 1. The third-order valence-electron chi connectivity index (χ3n) is 4.39. The smallest absolute Gasteiger partial charge is 0.272 e. The number of hydrogen-bond donors (Lipinski definition) is 0. The van der Waals surface area contributed by atoms with E-state index in [2.05, 4.69) is 14.9 Å². The van der Waals surface area contributed by atoms with Crippen LogP contribution in [0.25, 0.3) is 0 Å². The zero-order valence-corrected chi connectivity index (χ0v) is 12.6. The first-order valence-corrected chi connectivity index (χ1v) is 8.22. The normalized spacial score (nSPS) is 20.2. The van der Waals surface area contributed by atoms with Crippen molar-refractivity contribution in [2.45, 2.75) is 44.9 Å². The van der Waals surface area contributed by atoms with E-state index in [1.165, 1.54) is 32.1 Å². The van der Waals surface area contributed by atoms with Gasteiger partial charge in [-0.15, -0.1) is 0 Å². The lowest BCUT2D eigenvalue weighted by Gasteiger charge is -2.27. The van der Waals surface area contributed by atoms with Crippen molar-refractivity contribution in [3.05, 3.63) is 18.0 Å². The highest BCUT2D eigenvalue weighted by molar-refractivity contribution is 5.92. The number of piperidine rings is 1. The van der Waals surface area contributed by atoms with Crippen LogP contribution >= 0.6 is 0 Å². The maximum Gasteiger partial charge on any atom is 0.272 e. The van der Waals surface area contributed by atoms with Crippen LogP contribution in [0.15, 0.2) is 12.3 Å². The van der Waals surface area contributed by atoms with Crippen molar-refractivity contribution in [2.75, 3.05) is 31.1 Å². The Bertz CT molecular complexity index is 477. The Kier molecular flexibility index (Phi) is 4.68. The molecule has 0 N–H and O–H groups in total. The Labute approximate surface area is 126 Å². The zero-order valence-electron chi connectivity index (χ0n) is 12.6. The molecule has 5 heteroatoms. The molecule has 0 atom stereocenters. The van der Waals surface area contributed by atoms with Crippen LogP contribution < -0.4 is 4.90 Å². The van der Waals surface area contributed by atoms with Crippen LogP contribution in [-0.2, 0) is 0 Å². The van der Waals surface area contributed by atoms with Crippen LogP contribution in [0.1, 0.15) is 55.4 Å². The van der Waals surface area contributed by atoms with Gasteiger partial charge in [0.05, 0.1) is 0 Å². The SMILES string of the molecule is O=C(c1ccnc(N2CCCCCC2)n1)N1CCCCC1. The molecular weight excluding hydrogens is 264 g/mol. The summed E-state index contributed by atoms with van der Waals surface area (Å²) in [5, 5.41) is 0. The molecule has 5 nitrogen and oxygen atoms in total. The summed E-state index contributed by atoms with van der Waals surface area (Å²) in [6.07, 6.45) is 10.1. The van der Waals surface area contributed by atoms with E-state index in [0.29, 0.717) is 5.69 Å². The molecule has 114 valence electrons. The van der Waals surface area contributed by atoms with Gasteiger partial charge in [-0.25, -0.2) is 9.97 Å². The molecule has 0 radical (unpaired) electrons. The van der Waals surface area contributed by atoms with Crippen molar-refractivity contribution in [1.29, 1.82) is 0 Å². The van der Waals surface area contributed by atoms with Gasteiger partial charge < -0.3 is 9.80 Å². The summed E-state index contributed by atoms with van der Waals surface area (Å²) in [6, 6.07) is 1.75. The van der Waals surface area contributed by atoms with Gasteiger partial charge in [-0.1, -0.05) is 12.8 Å². The van der Waals surface area contributed by atoms with E-state index in [4.69, 9.17) is 0 Å². The number of rotatable bonds is 2. The first-order valence-electron chi connectivity index (χ1n) is 8.22. The second-order valence-electron chi connectivity index (χ2n) is 6.00. The molecule has 0 bridgehead atoms. The van der Waals surface area contributed by atoms with Crippen molar-refractivity contribution >= 4 is 11.9 Å². The largest absolute Gasteiger partial charge is 0.341 e. The molecule has 21 heavy (non-hydrogen) atoms. The second kappa shape index (κ2) is 6.87. The van der Waals surface area contributed by atoms with E-state index < -0.39 is 0 Å². The first-order chi connectivity index (χ1) is 10.3. The Morgan fingerprint density at radius 3 is 2.24 bits per heavy atom. The van der Waals surface area contributed by atoms with Crippen molar-refractivity contribution in [3.63, 3.8) is 0 Å². The summed E-state index contributed by atoms with van der Waals surface area (Å²) in [4.78, 5) is 25.6. The number of hydrogen-bond acceptors (Lipinski definition) is 4. The topological polar surface area (TPSA) is 49.3 Å². The molecular formula is C16H24N4O. The fourth-order valence-electron chi connectivity index (χ4n) is 3.15. The Morgan fingerprint density at radius 1 is 0.905 bits per heavy atom. The van der Waals surface area contributed by atoms with Gasteiger partial charge in [0, 0.05) is 32.4 Å². The zero-order chi connectivity index (χ0) is 14.5. The number of carbonyl (C=O) groups is 1. The average Bonchev–Trinajstić information content (AvgIpc) is 2.84. The van der Waals surface area contributed by atoms with Gasteiger partial charge >= 0.3 is 0 Å². The molecule has 3 rings (SSSR count). The summed E-state index contributed by atoms with van der Waals surface area (Å²) < 4.78 is 0. The highest BCUT2D eigenvalue weighted by atomic mass is 16.2. The van der Waals surface area contributed by atoms with Crippen molar-refractivity contribution in [3.8, 4) is 0 Å². The minimum absolute atomic E-state index is 0.0631. The summed E-state index contributed by atoms with van der Waals surface area (Å²) in [5.74, 6) is 0.785. The van der Waals surface area contributed by atoms with Gasteiger partial charge in [0.2, 0.25) is 5.95 Å². The summed E-state index contributed by atoms with van der Waals surface area (Å²) in [5.41, 5.74) is 0.547. The molecule has 0 saturated carbocycles. The standard InChI is InChI=1S/C16H24N4O/c21-15(19-10-6-3-7-11-19)14-8-9-17-16(18-14)20-12-4-1-2-5-13-20/h8-9H,1-7,10-13H2. The van der Waals surface area contributed by atoms with Crippen molar-refractivity contribution in [2.24, 2.45) is 0 Å². The molecule has 0 aliphatic carbocycles. The van der Waals surface area contributed by atoms with Crippen LogP contribution in [0.4, 0.5) is 5.95 Å². The minimum Gasteiger partial charge on any atom is -0.341 e. The molecule has 1 aromatic rings. The first kappa shape index (κ1) is 14.3. The lowest BCUT2D eigenvalue weighted by Crippen LogP contribution is -2.36. The van der Waals surface area contributed by atoms with E-state index in [9.17, 15) is 4.79 Å². The minimum atomic E-state index is 0.0631. The van der Waals surface area contributed by atoms with E-state index in [1.54, 1.807) is 12.3 Å². The van der Waals surface area contributed by atoms with Crippen LogP contribution in [-0.4, -0.2) is 47.0 Å². The number of aromatic nitrogens is 2. The van der Waals surface area contributed by atoms with E-state index in [-0.39, 0.29) is 5.91 Å². The lowest BCUT2D eigenvalue weighted by molar-refractivity contribution is 0.0718. The van der Waals surface area contributed by atoms with Crippen LogP contribution in [0, 0.1) is 0 Å². The molecule has 2 aliphatic rings. The third-order valence-corrected chi connectivity index (χ3v) is 4.39. The predicted molar refractivity (Wildman–Crippen MR) is 82.5 cm³/mol. The molecule has 0 spiro atoms. The van der Waals surface area contributed by atoms with E-state index in [0.717, 1.165) is 45.0 Å². The lowest BCUT2D eigenvalue weighted by atomic mass is 10.1. The van der Waals surface area contributed by atoms with Gasteiger partial charge in [0.15, 0.2) is 0 Å². The molecule has 0 aromatic carbocycles. The van der Waals surface area contributed by atoms with Crippen LogP contribution in [0.2, 0.25) is 0 Å². The highest BCUT2D eigenvalue weighted by Crippen LogP contribution is 2.17. The van der Waals surface area contributed by atoms with Crippen LogP contribution in [0.5, 0.6) is 0 Å². The Balaban J connectivity index is 1.74. The summed E-state index contributed by atoms with van der Waals surface area (Å²) in [6.45, 7) is 3.73. The number of likely N-dealkylation sites (tertiary alicyclic amines) is 1. The quantitative estimate of drug-likeness (QED) is 0.839. The van der Waals surface area contributed by atoms with Gasteiger partial charge in [-0.2, -0.15) is 0 Å². The fourth-order valence-corrected chi connectivity index (χ4v) is 3.15. The molecule has 3 heterocycles. The average molecular weight is 288 g/mol. The molecule has 0 unspecified atom stereocenters. The maximum atomic E-state index is 12.5. The molecule has 2 aliphatic heterocycles. The summed E-state index contributed by atoms with van der Waals surface area (Å²) in [7, 11) is 0. The van der Waals surface area contributed by atoms with Crippen molar-refractivity contribution in [1.82, 2.24) is 14.9 Å². The molecule has 1 aromatic heterocycles. The summed E-state index contributed by atoms with van der Waals surface area (Å²) >= 11 is 0. The van der Waals surface area contributed by atoms with Gasteiger partial charge in [0.1, 0.15) is 5.69 Å². The third kappa shape index (κ3) is 3.52.